The van der Waals surface area contributed by atoms with Crippen molar-refractivity contribution in [1.82, 2.24) is 4.90 Å². The van der Waals surface area contributed by atoms with Gasteiger partial charge in [0.1, 0.15) is 0 Å². The summed E-state index contributed by atoms with van der Waals surface area (Å²) in [6.07, 6.45) is 4.66. The van der Waals surface area contributed by atoms with Crippen LogP contribution in [-0.2, 0) is 4.79 Å². The van der Waals surface area contributed by atoms with Gasteiger partial charge in [-0.2, -0.15) is 0 Å². The SMILES string of the molecule is Cc1ccc2c(c1)C1CN(C)CCC1N2C(=O)/C=C/c1ccccc1. The van der Waals surface area contributed by atoms with Gasteiger partial charge >= 0.3 is 0 Å². The van der Waals surface area contributed by atoms with Gasteiger partial charge in [0, 0.05) is 30.3 Å². The molecule has 3 heteroatoms. The molecule has 25 heavy (non-hydrogen) atoms. The van der Waals surface area contributed by atoms with E-state index in [0.717, 1.165) is 30.8 Å². The van der Waals surface area contributed by atoms with Gasteiger partial charge in [0.25, 0.3) is 5.91 Å². The molecule has 0 radical (unpaired) electrons. The Kier molecular flexibility index (Phi) is 4.18. The van der Waals surface area contributed by atoms with Gasteiger partial charge in [-0.3, -0.25) is 4.79 Å². The van der Waals surface area contributed by atoms with Crippen molar-refractivity contribution >= 4 is 17.7 Å². The molecule has 128 valence electrons. The number of anilines is 1. The second-order valence-corrected chi connectivity index (χ2v) is 7.24. The number of carbonyl (C=O) groups excluding carboxylic acids is 1. The van der Waals surface area contributed by atoms with Crippen LogP contribution in [-0.4, -0.2) is 37.0 Å². The molecule has 2 aromatic carbocycles. The molecule has 2 unspecified atom stereocenters. The van der Waals surface area contributed by atoms with Gasteiger partial charge in [-0.05, 0) is 50.2 Å². The Bertz CT molecular complexity index is 812. The van der Waals surface area contributed by atoms with Crippen molar-refractivity contribution in [2.24, 2.45) is 0 Å². The molecule has 1 fully saturated rings. The maximum atomic E-state index is 13.0. The molecule has 0 aromatic heterocycles. The average molecular weight is 332 g/mol. The molecule has 0 N–H and O–H groups in total. The summed E-state index contributed by atoms with van der Waals surface area (Å²) in [5.41, 5.74) is 4.75. The second kappa shape index (κ2) is 6.49. The first kappa shape index (κ1) is 16.1. The smallest absolute Gasteiger partial charge is 0.251 e. The Morgan fingerprint density at radius 3 is 2.76 bits per heavy atom. The van der Waals surface area contributed by atoms with Crippen molar-refractivity contribution in [2.45, 2.75) is 25.3 Å². The lowest BCUT2D eigenvalue weighted by atomic mass is 9.89. The maximum absolute atomic E-state index is 13.0. The Morgan fingerprint density at radius 2 is 1.96 bits per heavy atom. The molecule has 2 atom stereocenters. The van der Waals surface area contributed by atoms with Crippen LogP contribution < -0.4 is 4.90 Å². The fraction of sp³-hybridized carbons (Fsp3) is 0.318. The molecule has 0 saturated carbocycles. The molecular formula is C22H24N2O. The van der Waals surface area contributed by atoms with Crippen LogP contribution in [0.3, 0.4) is 0 Å². The minimum atomic E-state index is 0.0889. The number of hydrogen-bond donors (Lipinski definition) is 0. The third kappa shape index (κ3) is 3.00. The van der Waals surface area contributed by atoms with Crippen LogP contribution >= 0.6 is 0 Å². The van der Waals surface area contributed by atoms with Crippen molar-refractivity contribution in [1.29, 1.82) is 0 Å². The van der Waals surface area contributed by atoms with E-state index in [2.05, 4.69) is 37.1 Å². The molecule has 0 bridgehead atoms. The standard InChI is InChI=1S/C22H24N2O/c1-16-8-10-20-18(14-16)19-15-23(2)13-12-21(19)24(20)22(25)11-9-17-6-4-3-5-7-17/h3-11,14,19,21H,12-13,15H2,1-2H3/b11-9+. The van der Waals surface area contributed by atoms with Gasteiger partial charge in [-0.1, -0.05) is 48.0 Å². The zero-order valence-electron chi connectivity index (χ0n) is 14.9. The molecule has 2 aliphatic heterocycles. The molecule has 2 aliphatic rings. The number of nitrogens with zero attached hydrogens (tertiary/aromatic N) is 2. The summed E-state index contributed by atoms with van der Waals surface area (Å²) < 4.78 is 0. The highest BCUT2D eigenvalue weighted by molar-refractivity contribution is 6.06. The largest absolute Gasteiger partial charge is 0.306 e. The van der Waals surface area contributed by atoms with Crippen LogP contribution in [0, 0.1) is 6.92 Å². The zero-order chi connectivity index (χ0) is 17.4. The molecule has 1 amide bonds. The number of likely N-dealkylation sites (tertiary alicyclic amines) is 1. The highest BCUT2D eigenvalue weighted by Crippen LogP contribution is 2.45. The number of hydrogen-bond acceptors (Lipinski definition) is 2. The number of piperidine rings is 1. The van der Waals surface area contributed by atoms with Gasteiger partial charge in [0.15, 0.2) is 0 Å². The van der Waals surface area contributed by atoms with Crippen molar-refractivity contribution < 1.29 is 4.79 Å². The van der Waals surface area contributed by atoms with E-state index < -0.39 is 0 Å². The average Bonchev–Trinajstić information content (AvgIpc) is 2.93. The maximum Gasteiger partial charge on any atom is 0.251 e. The normalized spacial score (nSPS) is 22.9. The predicted octanol–water partition coefficient (Wildman–Crippen LogP) is 3.84. The highest BCUT2D eigenvalue weighted by Gasteiger charge is 2.43. The van der Waals surface area contributed by atoms with Crippen LogP contribution in [0.2, 0.25) is 0 Å². The lowest BCUT2D eigenvalue weighted by Crippen LogP contribution is -2.46. The van der Waals surface area contributed by atoms with E-state index in [4.69, 9.17) is 0 Å². The molecular weight excluding hydrogens is 308 g/mol. The molecule has 4 rings (SSSR count). The van der Waals surface area contributed by atoms with Crippen molar-refractivity contribution in [3.63, 3.8) is 0 Å². The van der Waals surface area contributed by atoms with E-state index in [1.807, 2.05) is 41.3 Å². The zero-order valence-corrected chi connectivity index (χ0v) is 14.9. The minimum absolute atomic E-state index is 0.0889. The van der Waals surface area contributed by atoms with Gasteiger partial charge in [0.05, 0.1) is 0 Å². The summed E-state index contributed by atoms with van der Waals surface area (Å²) in [5, 5.41) is 0. The Labute approximate surface area is 149 Å². The van der Waals surface area contributed by atoms with Crippen LogP contribution in [0.15, 0.2) is 54.6 Å². The first-order valence-corrected chi connectivity index (χ1v) is 8.99. The fourth-order valence-electron chi connectivity index (χ4n) is 4.18. The van der Waals surface area contributed by atoms with E-state index >= 15 is 0 Å². The molecule has 2 heterocycles. The fourth-order valence-corrected chi connectivity index (χ4v) is 4.18. The van der Waals surface area contributed by atoms with E-state index in [-0.39, 0.29) is 11.9 Å². The number of aryl methyl sites for hydroxylation is 1. The Balaban J connectivity index is 1.66. The van der Waals surface area contributed by atoms with Gasteiger partial charge in [-0.25, -0.2) is 0 Å². The summed E-state index contributed by atoms with van der Waals surface area (Å²) in [4.78, 5) is 17.4. The molecule has 3 nitrogen and oxygen atoms in total. The van der Waals surface area contributed by atoms with E-state index in [1.165, 1.54) is 11.1 Å². The third-order valence-corrected chi connectivity index (χ3v) is 5.41. The summed E-state index contributed by atoms with van der Waals surface area (Å²) in [6.45, 7) is 4.19. The lowest BCUT2D eigenvalue weighted by Gasteiger charge is -2.36. The first-order valence-electron chi connectivity index (χ1n) is 8.99. The number of likely N-dealkylation sites (N-methyl/N-ethyl adjacent to an activating group) is 1. The van der Waals surface area contributed by atoms with Crippen molar-refractivity contribution in [2.75, 3.05) is 25.0 Å². The summed E-state index contributed by atoms with van der Waals surface area (Å²) in [7, 11) is 2.17. The van der Waals surface area contributed by atoms with Crippen LogP contribution in [0.1, 0.15) is 29.0 Å². The third-order valence-electron chi connectivity index (χ3n) is 5.41. The lowest BCUT2D eigenvalue weighted by molar-refractivity contribution is -0.114. The van der Waals surface area contributed by atoms with E-state index in [9.17, 15) is 4.79 Å². The molecule has 1 saturated heterocycles. The summed E-state index contributed by atoms with van der Waals surface area (Å²) in [5.74, 6) is 0.508. The summed E-state index contributed by atoms with van der Waals surface area (Å²) >= 11 is 0. The van der Waals surface area contributed by atoms with E-state index in [1.54, 1.807) is 6.08 Å². The van der Waals surface area contributed by atoms with Crippen molar-refractivity contribution in [3.8, 4) is 0 Å². The highest BCUT2D eigenvalue weighted by atomic mass is 16.2. The molecule has 0 spiro atoms. The van der Waals surface area contributed by atoms with Gasteiger partial charge in [0.2, 0.25) is 0 Å². The molecule has 0 aliphatic carbocycles. The van der Waals surface area contributed by atoms with Gasteiger partial charge in [-0.15, -0.1) is 0 Å². The monoisotopic (exact) mass is 332 g/mol. The van der Waals surface area contributed by atoms with Crippen LogP contribution in [0.4, 0.5) is 5.69 Å². The Morgan fingerprint density at radius 1 is 1.16 bits per heavy atom. The van der Waals surface area contributed by atoms with Gasteiger partial charge < -0.3 is 9.80 Å². The number of fused-ring (bicyclic) bond motifs is 3. The van der Waals surface area contributed by atoms with E-state index in [0.29, 0.717) is 5.92 Å². The quantitative estimate of drug-likeness (QED) is 0.780. The first-order chi connectivity index (χ1) is 12.1. The number of rotatable bonds is 2. The number of amides is 1. The van der Waals surface area contributed by atoms with Crippen LogP contribution in [0.5, 0.6) is 0 Å². The topological polar surface area (TPSA) is 23.6 Å². The molecule has 2 aromatic rings. The number of carbonyl (C=O) groups is 1. The van der Waals surface area contributed by atoms with Crippen molar-refractivity contribution in [3.05, 3.63) is 71.3 Å². The summed E-state index contributed by atoms with van der Waals surface area (Å²) in [6, 6.07) is 16.8. The number of benzene rings is 2. The van der Waals surface area contributed by atoms with Crippen LogP contribution in [0.25, 0.3) is 6.08 Å². The Hall–Kier alpha value is -2.39. The minimum Gasteiger partial charge on any atom is -0.306 e. The predicted molar refractivity (Wildman–Crippen MR) is 103 cm³/mol. The second-order valence-electron chi connectivity index (χ2n) is 7.24.